The van der Waals surface area contributed by atoms with Gasteiger partial charge in [0.1, 0.15) is 5.69 Å². The monoisotopic (exact) mass is 304 g/mol. The average Bonchev–Trinajstić information content (AvgIpc) is 2.91. The predicted molar refractivity (Wildman–Crippen MR) is 85.0 cm³/mol. The molecule has 23 heavy (non-hydrogen) atoms. The molecule has 112 valence electrons. The first kappa shape index (κ1) is 13.6. The third-order valence-electron chi connectivity index (χ3n) is 4.03. The van der Waals surface area contributed by atoms with Gasteiger partial charge in [0.05, 0.1) is 17.2 Å². The number of nitrogens with zero attached hydrogens (tertiary/aromatic N) is 2. The molecule has 5 nitrogen and oxygen atoms in total. The molecule has 1 atom stereocenters. The van der Waals surface area contributed by atoms with Crippen molar-refractivity contribution in [2.45, 2.75) is 6.10 Å². The highest BCUT2D eigenvalue weighted by molar-refractivity contribution is 6.07. The van der Waals surface area contributed by atoms with E-state index in [2.05, 4.69) is 10.2 Å². The Morgan fingerprint density at radius 3 is 2.57 bits per heavy atom. The van der Waals surface area contributed by atoms with E-state index in [1.54, 1.807) is 30.3 Å². The first-order valence-corrected chi connectivity index (χ1v) is 7.15. The van der Waals surface area contributed by atoms with Gasteiger partial charge in [-0.1, -0.05) is 42.5 Å². The maximum Gasteiger partial charge on any atom is 0.338 e. The Morgan fingerprint density at radius 1 is 1.00 bits per heavy atom. The smallest absolute Gasteiger partial charge is 0.338 e. The molecule has 1 aliphatic carbocycles. The number of rotatable bonds is 2. The fourth-order valence-electron chi connectivity index (χ4n) is 3.00. The topological polar surface area (TPSA) is 83.3 Å². The molecule has 3 aromatic rings. The van der Waals surface area contributed by atoms with Gasteiger partial charge in [0.25, 0.3) is 0 Å². The Bertz CT molecular complexity index is 979. The quantitative estimate of drug-likeness (QED) is 0.760. The summed E-state index contributed by atoms with van der Waals surface area (Å²) < 4.78 is 0. The number of aromatic carboxylic acids is 1. The van der Waals surface area contributed by atoms with Gasteiger partial charge in [0, 0.05) is 11.0 Å². The third kappa shape index (κ3) is 2.02. The molecule has 0 aliphatic heterocycles. The molecule has 1 unspecified atom stereocenters. The van der Waals surface area contributed by atoms with Gasteiger partial charge < -0.3 is 10.2 Å². The number of hydrogen-bond acceptors (Lipinski definition) is 4. The van der Waals surface area contributed by atoms with Crippen LogP contribution in [-0.2, 0) is 0 Å². The number of carboxylic acid groups (broad SMARTS) is 1. The fourth-order valence-corrected chi connectivity index (χ4v) is 3.00. The highest BCUT2D eigenvalue weighted by atomic mass is 16.4. The summed E-state index contributed by atoms with van der Waals surface area (Å²) in [6.45, 7) is 0. The molecule has 0 fully saturated rings. The van der Waals surface area contributed by atoms with Crippen molar-refractivity contribution in [1.82, 2.24) is 10.2 Å². The van der Waals surface area contributed by atoms with Crippen LogP contribution < -0.4 is 0 Å². The Kier molecular flexibility index (Phi) is 2.96. The largest absolute Gasteiger partial charge is 0.478 e. The molecule has 0 saturated heterocycles. The van der Waals surface area contributed by atoms with E-state index in [1.165, 1.54) is 0 Å². The minimum absolute atomic E-state index is 0.103. The normalized spacial score (nSPS) is 16.2. The maximum atomic E-state index is 11.8. The van der Waals surface area contributed by atoms with Crippen molar-refractivity contribution >= 4 is 22.4 Å². The second-order valence-corrected chi connectivity index (χ2v) is 5.36. The summed E-state index contributed by atoms with van der Waals surface area (Å²) in [5.74, 6) is -1.06. The molecular formula is C18H12N2O3. The summed E-state index contributed by atoms with van der Waals surface area (Å²) >= 11 is 0. The summed E-state index contributed by atoms with van der Waals surface area (Å²) in [6.07, 6.45) is 0.853. The van der Waals surface area contributed by atoms with Crippen LogP contribution in [-0.4, -0.2) is 26.4 Å². The summed E-state index contributed by atoms with van der Waals surface area (Å²) in [6, 6.07) is 14.3. The highest BCUT2D eigenvalue weighted by Crippen LogP contribution is 2.39. The van der Waals surface area contributed by atoms with Crippen LogP contribution in [0.25, 0.3) is 16.5 Å². The number of carboxylic acids is 1. The molecule has 0 radical (unpaired) electrons. The molecule has 1 aliphatic rings. The van der Waals surface area contributed by atoms with Gasteiger partial charge in [0.2, 0.25) is 0 Å². The lowest BCUT2D eigenvalue weighted by Gasteiger charge is -2.10. The van der Waals surface area contributed by atoms with Crippen molar-refractivity contribution in [3.05, 3.63) is 77.0 Å². The van der Waals surface area contributed by atoms with Crippen LogP contribution >= 0.6 is 0 Å². The Labute approximate surface area is 131 Å². The van der Waals surface area contributed by atoms with Crippen LogP contribution in [0.3, 0.4) is 0 Å². The number of fused-ring (bicyclic) bond motifs is 2. The zero-order valence-electron chi connectivity index (χ0n) is 12.0. The summed E-state index contributed by atoms with van der Waals surface area (Å²) in [5, 5.41) is 28.7. The zero-order chi connectivity index (χ0) is 16.0. The number of benzene rings is 2. The summed E-state index contributed by atoms with van der Waals surface area (Å²) in [4.78, 5) is 11.8. The van der Waals surface area contributed by atoms with E-state index in [4.69, 9.17) is 0 Å². The number of aliphatic hydroxyl groups excluding tert-OH is 1. The van der Waals surface area contributed by atoms with Gasteiger partial charge >= 0.3 is 5.97 Å². The first-order chi connectivity index (χ1) is 11.2. The lowest BCUT2D eigenvalue weighted by molar-refractivity contribution is 0.0698. The minimum Gasteiger partial charge on any atom is -0.478 e. The zero-order valence-corrected chi connectivity index (χ0v) is 12.0. The highest BCUT2D eigenvalue weighted by Gasteiger charge is 2.27. The van der Waals surface area contributed by atoms with E-state index in [9.17, 15) is 15.0 Å². The van der Waals surface area contributed by atoms with Gasteiger partial charge in [-0.15, -0.1) is 10.2 Å². The average molecular weight is 304 g/mol. The minimum atomic E-state index is -1.06. The number of aromatic nitrogens is 2. The lowest BCUT2D eigenvalue weighted by atomic mass is 9.98. The van der Waals surface area contributed by atoms with Gasteiger partial charge in [-0.2, -0.15) is 0 Å². The predicted octanol–water partition coefficient (Wildman–Crippen LogP) is 2.81. The van der Waals surface area contributed by atoms with Crippen LogP contribution in [0.4, 0.5) is 0 Å². The molecule has 1 heterocycles. The molecule has 0 saturated carbocycles. The Morgan fingerprint density at radius 2 is 1.74 bits per heavy atom. The number of aliphatic hydroxyl groups is 1. The first-order valence-electron chi connectivity index (χ1n) is 7.15. The molecule has 0 amide bonds. The second-order valence-electron chi connectivity index (χ2n) is 5.36. The van der Waals surface area contributed by atoms with Crippen LogP contribution in [0.2, 0.25) is 0 Å². The van der Waals surface area contributed by atoms with E-state index in [-0.39, 0.29) is 11.3 Å². The van der Waals surface area contributed by atoms with E-state index in [0.29, 0.717) is 16.5 Å². The van der Waals surface area contributed by atoms with Crippen molar-refractivity contribution < 1.29 is 15.0 Å². The van der Waals surface area contributed by atoms with Crippen molar-refractivity contribution in [1.29, 1.82) is 0 Å². The molecule has 0 bridgehead atoms. The SMILES string of the molecule is O=C(O)c1c(C2=CC(O)c3ccccc32)nnc2ccccc12. The van der Waals surface area contributed by atoms with Crippen LogP contribution in [0.5, 0.6) is 0 Å². The molecule has 2 N–H and O–H groups in total. The van der Waals surface area contributed by atoms with Gasteiger partial charge in [-0.25, -0.2) is 4.79 Å². The van der Waals surface area contributed by atoms with Gasteiger partial charge in [0.15, 0.2) is 0 Å². The standard InChI is InChI=1S/C18H12N2O3/c21-15-9-13(10-5-1-2-6-11(10)15)17-16(18(22)23)12-7-3-4-8-14(12)19-20-17/h1-9,15,21H,(H,22,23). The van der Waals surface area contributed by atoms with Crippen molar-refractivity contribution in [2.75, 3.05) is 0 Å². The third-order valence-corrected chi connectivity index (χ3v) is 4.03. The van der Waals surface area contributed by atoms with E-state index in [1.807, 2.05) is 24.3 Å². The molecule has 0 spiro atoms. The maximum absolute atomic E-state index is 11.8. The van der Waals surface area contributed by atoms with Gasteiger partial charge in [-0.3, -0.25) is 0 Å². The van der Waals surface area contributed by atoms with Crippen molar-refractivity contribution in [3.63, 3.8) is 0 Å². The van der Waals surface area contributed by atoms with Crippen molar-refractivity contribution in [3.8, 4) is 0 Å². The molecule has 5 heteroatoms. The van der Waals surface area contributed by atoms with E-state index < -0.39 is 12.1 Å². The fraction of sp³-hybridized carbons (Fsp3) is 0.0556. The number of hydrogen-bond donors (Lipinski definition) is 2. The van der Waals surface area contributed by atoms with E-state index >= 15 is 0 Å². The van der Waals surface area contributed by atoms with E-state index in [0.717, 1.165) is 11.1 Å². The second kappa shape index (κ2) is 5.00. The summed E-state index contributed by atoms with van der Waals surface area (Å²) in [5.41, 5.74) is 3.04. The lowest BCUT2D eigenvalue weighted by Crippen LogP contribution is -2.07. The molecule has 1 aromatic heterocycles. The Balaban J connectivity index is 2.03. The van der Waals surface area contributed by atoms with Crippen LogP contribution in [0, 0.1) is 0 Å². The van der Waals surface area contributed by atoms with Crippen molar-refractivity contribution in [2.24, 2.45) is 0 Å². The summed E-state index contributed by atoms with van der Waals surface area (Å²) in [7, 11) is 0. The molecular weight excluding hydrogens is 292 g/mol. The van der Waals surface area contributed by atoms with Gasteiger partial charge in [-0.05, 0) is 23.3 Å². The van der Waals surface area contributed by atoms with Crippen LogP contribution in [0.15, 0.2) is 54.6 Å². The van der Waals surface area contributed by atoms with Crippen LogP contribution in [0.1, 0.15) is 33.3 Å². The Hall–Kier alpha value is -3.05. The molecule has 4 rings (SSSR count). The molecule has 2 aromatic carbocycles. The number of carbonyl (C=O) groups is 1.